The summed E-state index contributed by atoms with van der Waals surface area (Å²) < 4.78 is 0. The summed E-state index contributed by atoms with van der Waals surface area (Å²) >= 11 is 6.20. The zero-order valence-electron chi connectivity index (χ0n) is 14.6. The second-order valence-corrected chi connectivity index (χ2v) is 7.47. The van der Waals surface area contributed by atoms with Gasteiger partial charge in [0.05, 0.1) is 22.5 Å². The molecule has 0 radical (unpaired) electrons. The first kappa shape index (κ1) is 17.9. The lowest BCUT2D eigenvalue weighted by Crippen LogP contribution is -2.34. The van der Waals surface area contributed by atoms with Gasteiger partial charge in [0.1, 0.15) is 0 Å². The van der Waals surface area contributed by atoms with Crippen molar-refractivity contribution in [2.45, 2.75) is 46.0 Å². The number of halogens is 1. The lowest BCUT2D eigenvalue weighted by Gasteiger charge is -2.19. The number of amides is 3. The van der Waals surface area contributed by atoms with E-state index in [4.69, 9.17) is 11.6 Å². The second kappa shape index (κ2) is 7.16. The van der Waals surface area contributed by atoms with Crippen molar-refractivity contribution < 1.29 is 14.4 Å². The number of rotatable bonds is 4. The van der Waals surface area contributed by atoms with Gasteiger partial charge in [-0.15, -0.1) is 0 Å². The molecule has 1 aliphatic heterocycles. The van der Waals surface area contributed by atoms with E-state index in [1.54, 1.807) is 6.07 Å². The lowest BCUT2D eigenvalue weighted by atomic mass is 9.81. The number of hydrogen-bond acceptors (Lipinski definition) is 3. The first-order chi connectivity index (χ1) is 11.9. The number of likely N-dealkylation sites (tertiary alicyclic amines) is 1. The van der Waals surface area contributed by atoms with E-state index in [1.165, 1.54) is 4.90 Å². The Morgan fingerprint density at radius 3 is 2.32 bits per heavy atom. The zero-order chi connectivity index (χ0) is 18.1. The Morgan fingerprint density at radius 2 is 1.76 bits per heavy atom. The highest BCUT2D eigenvalue weighted by Gasteiger charge is 2.47. The average Bonchev–Trinajstić information content (AvgIpc) is 2.81. The van der Waals surface area contributed by atoms with E-state index in [0.717, 1.165) is 36.8 Å². The van der Waals surface area contributed by atoms with Crippen molar-refractivity contribution in [3.8, 4) is 0 Å². The number of anilines is 1. The molecule has 2 fully saturated rings. The Bertz CT molecular complexity index is 684. The van der Waals surface area contributed by atoms with Gasteiger partial charge in [-0.05, 0) is 43.9 Å². The number of aryl methyl sites for hydroxylation is 2. The molecule has 1 aromatic rings. The van der Waals surface area contributed by atoms with E-state index in [1.807, 2.05) is 19.9 Å². The van der Waals surface area contributed by atoms with E-state index in [0.29, 0.717) is 10.7 Å². The van der Waals surface area contributed by atoms with Crippen LogP contribution in [-0.2, 0) is 14.4 Å². The summed E-state index contributed by atoms with van der Waals surface area (Å²) in [5.74, 6) is -0.792. The minimum absolute atomic E-state index is 0.0839. The minimum atomic E-state index is -0.246. The van der Waals surface area contributed by atoms with Gasteiger partial charge in [0.25, 0.3) is 0 Å². The number of carbonyl (C=O) groups excluding carboxylic acids is 3. The third-order valence-electron chi connectivity index (χ3n) is 5.19. The lowest BCUT2D eigenvalue weighted by molar-refractivity contribution is -0.140. The number of carbonyl (C=O) groups is 3. The fourth-order valence-corrected chi connectivity index (χ4v) is 4.31. The third-order valence-corrected chi connectivity index (χ3v) is 5.49. The van der Waals surface area contributed by atoms with Crippen LogP contribution in [-0.4, -0.2) is 29.2 Å². The van der Waals surface area contributed by atoms with Gasteiger partial charge < -0.3 is 5.32 Å². The molecule has 134 valence electrons. The van der Waals surface area contributed by atoms with Crippen LogP contribution in [0.1, 0.15) is 43.2 Å². The molecule has 1 saturated heterocycles. The first-order valence-corrected chi connectivity index (χ1v) is 9.18. The SMILES string of the molecule is Cc1cc(C)c(NC(=O)CCN2C(=O)[C@@H]3CCCC[C@H]3C2=O)c(Cl)c1. The van der Waals surface area contributed by atoms with Crippen LogP contribution in [0.15, 0.2) is 12.1 Å². The van der Waals surface area contributed by atoms with Crippen LogP contribution in [0.3, 0.4) is 0 Å². The van der Waals surface area contributed by atoms with Crippen LogP contribution >= 0.6 is 11.6 Å². The maximum absolute atomic E-state index is 12.4. The molecule has 0 unspecified atom stereocenters. The molecule has 3 amide bonds. The Kier molecular flexibility index (Phi) is 5.13. The number of fused-ring (bicyclic) bond motifs is 1. The topological polar surface area (TPSA) is 66.5 Å². The summed E-state index contributed by atoms with van der Waals surface area (Å²) in [6, 6.07) is 3.74. The zero-order valence-corrected chi connectivity index (χ0v) is 15.4. The fourth-order valence-electron chi connectivity index (χ4n) is 3.94. The largest absolute Gasteiger partial charge is 0.324 e. The van der Waals surface area contributed by atoms with Gasteiger partial charge in [-0.2, -0.15) is 0 Å². The minimum Gasteiger partial charge on any atom is -0.324 e. The van der Waals surface area contributed by atoms with Crippen molar-refractivity contribution in [1.82, 2.24) is 4.90 Å². The summed E-state index contributed by atoms with van der Waals surface area (Å²) in [5, 5.41) is 3.29. The number of nitrogens with one attached hydrogen (secondary N) is 1. The highest BCUT2D eigenvalue weighted by Crippen LogP contribution is 2.38. The van der Waals surface area contributed by atoms with E-state index in [-0.39, 0.29) is 42.5 Å². The summed E-state index contributed by atoms with van der Waals surface area (Å²) in [6.07, 6.45) is 3.66. The molecular weight excluding hydrogens is 340 g/mol. The molecule has 1 heterocycles. The van der Waals surface area contributed by atoms with Gasteiger partial charge in [0.15, 0.2) is 0 Å². The molecule has 2 aliphatic rings. The summed E-state index contributed by atoms with van der Waals surface area (Å²) in [5.41, 5.74) is 2.50. The Labute approximate surface area is 152 Å². The van der Waals surface area contributed by atoms with Crippen LogP contribution in [0.4, 0.5) is 5.69 Å². The first-order valence-electron chi connectivity index (χ1n) is 8.80. The van der Waals surface area contributed by atoms with Gasteiger partial charge in [0.2, 0.25) is 17.7 Å². The predicted molar refractivity (Wildman–Crippen MR) is 96.3 cm³/mol. The van der Waals surface area contributed by atoms with Crippen molar-refractivity contribution >= 4 is 35.0 Å². The number of imide groups is 1. The smallest absolute Gasteiger partial charge is 0.233 e. The quantitative estimate of drug-likeness (QED) is 0.834. The summed E-state index contributed by atoms with van der Waals surface area (Å²) in [6.45, 7) is 3.96. The van der Waals surface area contributed by atoms with E-state index >= 15 is 0 Å². The molecule has 1 aromatic carbocycles. The molecular formula is C19H23ClN2O3. The van der Waals surface area contributed by atoms with Crippen molar-refractivity contribution in [2.75, 3.05) is 11.9 Å². The molecule has 25 heavy (non-hydrogen) atoms. The molecule has 1 saturated carbocycles. The molecule has 6 heteroatoms. The second-order valence-electron chi connectivity index (χ2n) is 7.06. The molecule has 3 rings (SSSR count). The van der Waals surface area contributed by atoms with E-state index in [9.17, 15) is 14.4 Å². The molecule has 0 aromatic heterocycles. The standard InChI is InChI=1S/C19H23ClN2O3/c1-11-9-12(2)17(15(20)10-11)21-16(23)7-8-22-18(24)13-5-3-4-6-14(13)19(22)25/h9-10,13-14H,3-8H2,1-2H3,(H,21,23)/t13-,14-/m1/s1. The van der Waals surface area contributed by atoms with Crippen LogP contribution < -0.4 is 5.32 Å². The summed E-state index contributed by atoms with van der Waals surface area (Å²) in [7, 11) is 0. The van der Waals surface area contributed by atoms with Crippen LogP contribution in [0.25, 0.3) is 0 Å². The van der Waals surface area contributed by atoms with Crippen molar-refractivity contribution in [1.29, 1.82) is 0 Å². The van der Waals surface area contributed by atoms with E-state index in [2.05, 4.69) is 5.32 Å². The fraction of sp³-hybridized carbons (Fsp3) is 0.526. The van der Waals surface area contributed by atoms with Crippen LogP contribution in [0.2, 0.25) is 5.02 Å². The molecule has 0 bridgehead atoms. The molecule has 0 spiro atoms. The highest BCUT2D eigenvalue weighted by atomic mass is 35.5. The average molecular weight is 363 g/mol. The number of benzene rings is 1. The maximum Gasteiger partial charge on any atom is 0.233 e. The van der Waals surface area contributed by atoms with Gasteiger partial charge in [-0.1, -0.05) is 30.5 Å². The van der Waals surface area contributed by atoms with Crippen LogP contribution in [0, 0.1) is 25.7 Å². The molecule has 1 N–H and O–H groups in total. The van der Waals surface area contributed by atoms with Crippen molar-refractivity contribution in [3.05, 3.63) is 28.3 Å². The van der Waals surface area contributed by atoms with Crippen molar-refractivity contribution in [2.24, 2.45) is 11.8 Å². The monoisotopic (exact) mass is 362 g/mol. The van der Waals surface area contributed by atoms with Gasteiger partial charge >= 0.3 is 0 Å². The number of nitrogens with zero attached hydrogens (tertiary/aromatic N) is 1. The van der Waals surface area contributed by atoms with Gasteiger partial charge in [-0.25, -0.2) is 0 Å². The third kappa shape index (κ3) is 3.56. The highest BCUT2D eigenvalue weighted by molar-refractivity contribution is 6.34. The van der Waals surface area contributed by atoms with Gasteiger partial charge in [0, 0.05) is 13.0 Å². The van der Waals surface area contributed by atoms with Crippen LogP contribution in [0.5, 0.6) is 0 Å². The molecule has 2 atom stereocenters. The normalized spacial score (nSPS) is 22.9. The Balaban J connectivity index is 1.61. The molecule has 1 aliphatic carbocycles. The van der Waals surface area contributed by atoms with Gasteiger partial charge in [-0.3, -0.25) is 19.3 Å². The predicted octanol–water partition coefficient (Wildman–Crippen LogP) is 3.46. The Morgan fingerprint density at radius 1 is 1.16 bits per heavy atom. The summed E-state index contributed by atoms with van der Waals surface area (Å²) in [4.78, 5) is 38.4. The van der Waals surface area contributed by atoms with Crippen molar-refractivity contribution in [3.63, 3.8) is 0 Å². The maximum atomic E-state index is 12.4. The van der Waals surface area contributed by atoms with E-state index < -0.39 is 0 Å². The Hall–Kier alpha value is -1.88. The number of hydrogen-bond donors (Lipinski definition) is 1. The molecule has 5 nitrogen and oxygen atoms in total.